The Bertz CT molecular complexity index is 1530. The molecule has 0 fully saturated rings. The van der Waals surface area contributed by atoms with E-state index in [-0.39, 0.29) is 0 Å². The van der Waals surface area contributed by atoms with Crippen LogP contribution in [0.4, 0.5) is 0 Å². The highest BCUT2D eigenvalue weighted by atomic mass is 16.5. The molecular weight excluding hydrogens is 432 g/mol. The number of aromatic nitrogens is 4. The van der Waals surface area contributed by atoms with Crippen molar-refractivity contribution in [3.63, 3.8) is 0 Å². The van der Waals surface area contributed by atoms with E-state index >= 15 is 0 Å². The molecule has 0 aliphatic heterocycles. The summed E-state index contributed by atoms with van der Waals surface area (Å²) in [5, 5.41) is 6.25. The van der Waals surface area contributed by atoms with Crippen molar-refractivity contribution in [3.8, 4) is 16.9 Å². The van der Waals surface area contributed by atoms with Crippen molar-refractivity contribution in [1.29, 1.82) is 0 Å². The Kier molecular flexibility index (Phi) is 5.87. The van der Waals surface area contributed by atoms with Gasteiger partial charge in [-0.25, -0.2) is 4.98 Å². The van der Waals surface area contributed by atoms with E-state index in [4.69, 9.17) is 14.8 Å². The third-order valence-corrected chi connectivity index (χ3v) is 6.99. The van der Waals surface area contributed by atoms with Crippen LogP contribution in [0.25, 0.3) is 27.8 Å². The Labute approximate surface area is 207 Å². The molecule has 0 spiro atoms. The number of fused-ring (bicyclic) bond motifs is 3. The molecule has 0 atom stereocenters. The fourth-order valence-corrected chi connectivity index (χ4v) is 5.49. The number of ether oxygens (including phenoxy) is 1. The van der Waals surface area contributed by atoms with Crippen molar-refractivity contribution in [2.75, 3.05) is 7.11 Å². The van der Waals surface area contributed by atoms with Crippen LogP contribution in [0.2, 0.25) is 0 Å². The molecule has 0 amide bonds. The molecule has 35 heavy (non-hydrogen) atoms. The predicted molar refractivity (Wildman–Crippen MR) is 144 cm³/mol. The molecule has 5 heteroatoms. The molecule has 5 rings (SSSR count). The highest BCUT2D eigenvalue weighted by Crippen LogP contribution is 2.36. The second-order valence-electron chi connectivity index (χ2n) is 9.72. The minimum atomic E-state index is 0.776. The van der Waals surface area contributed by atoms with Gasteiger partial charge in [-0.05, 0) is 81.5 Å². The Morgan fingerprint density at radius 3 is 2.17 bits per heavy atom. The summed E-state index contributed by atoms with van der Waals surface area (Å²) >= 11 is 0. The number of benzene rings is 2. The number of hydrogen-bond acceptors (Lipinski definition) is 3. The van der Waals surface area contributed by atoms with Crippen LogP contribution in [0.5, 0.6) is 5.75 Å². The second kappa shape index (κ2) is 8.88. The Morgan fingerprint density at radius 1 is 0.857 bits per heavy atom. The molecule has 180 valence electrons. The molecule has 5 aromatic rings. The van der Waals surface area contributed by atoms with Crippen LogP contribution in [0.1, 0.15) is 52.7 Å². The van der Waals surface area contributed by atoms with Gasteiger partial charge in [0.05, 0.1) is 24.1 Å². The molecule has 0 unspecified atom stereocenters. The van der Waals surface area contributed by atoms with Gasteiger partial charge in [0.15, 0.2) is 5.65 Å². The predicted octanol–water partition coefficient (Wildman–Crippen LogP) is 6.90. The molecule has 0 aliphatic carbocycles. The normalized spacial score (nSPS) is 11.6. The summed E-state index contributed by atoms with van der Waals surface area (Å²) in [6, 6.07) is 15.2. The van der Waals surface area contributed by atoms with Crippen LogP contribution >= 0.6 is 0 Å². The van der Waals surface area contributed by atoms with Crippen molar-refractivity contribution < 1.29 is 4.74 Å². The number of hydrogen-bond donors (Lipinski definition) is 0. The first-order valence-corrected chi connectivity index (χ1v) is 12.4. The minimum Gasteiger partial charge on any atom is -0.497 e. The van der Waals surface area contributed by atoms with Crippen molar-refractivity contribution in [2.45, 2.75) is 60.9 Å². The van der Waals surface area contributed by atoms with E-state index in [1.54, 1.807) is 7.11 Å². The average Bonchev–Trinajstić information content (AvgIpc) is 3.32. The summed E-state index contributed by atoms with van der Waals surface area (Å²) < 4.78 is 9.87. The van der Waals surface area contributed by atoms with Crippen molar-refractivity contribution in [2.24, 2.45) is 0 Å². The maximum Gasteiger partial charge on any atom is 0.165 e. The quantitative estimate of drug-likeness (QED) is 0.273. The molecule has 0 saturated heterocycles. The third kappa shape index (κ3) is 3.89. The van der Waals surface area contributed by atoms with E-state index in [1.165, 1.54) is 38.9 Å². The topological polar surface area (TPSA) is 44.4 Å². The van der Waals surface area contributed by atoms with Gasteiger partial charge in [0.1, 0.15) is 11.4 Å². The van der Waals surface area contributed by atoms with E-state index in [0.29, 0.717) is 0 Å². The number of methoxy groups -OCH3 is 1. The summed E-state index contributed by atoms with van der Waals surface area (Å²) in [7, 11) is 1.70. The summed E-state index contributed by atoms with van der Waals surface area (Å²) in [5.41, 5.74) is 12.8. The van der Waals surface area contributed by atoms with Gasteiger partial charge in [0.2, 0.25) is 0 Å². The highest BCUT2D eigenvalue weighted by Gasteiger charge is 2.22. The molecular formula is C30H34N4O. The Morgan fingerprint density at radius 2 is 1.54 bits per heavy atom. The Balaban J connectivity index is 1.79. The first-order valence-electron chi connectivity index (χ1n) is 12.4. The second-order valence-corrected chi connectivity index (χ2v) is 9.72. The standard InChI is InChI=1S/C30H34N4O/c1-8-9-24-16-26-21(5)31-29-28(27-19(3)14-18(2)15-20(27)4)22(6)32-34(29)30(26)33(24)17-23-10-12-25(35-7)13-11-23/h10-16H,8-9,17H2,1-7H3. The first-order chi connectivity index (χ1) is 16.8. The maximum atomic E-state index is 5.37. The molecule has 0 radical (unpaired) electrons. The van der Waals surface area contributed by atoms with Crippen LogP contribution in [0.3, 0.4) is 0 Å². The monoisotopic (exact) mass is 466 g/mol. The van der Waals surface area contributed by atoms with Crippen molar-refractivity contribution in [1.82, 2.24) is 19.2 Å². The summed E-state index contributed by atoms with van der Waals surface area (Å²) in [6.45, 7) is 13.8. The van der Waals surface area contributed by atoms with Gasteiger partial charge in [-0.15, -0.1) is 0 Å². The van der Waals surface area contributed by atoms with Gasteiger partial charge < -0.3 is 9.30 Å². The lowest BCUT2D eigenvalue weighted by Crippen LogP contribution is -2.08. The molecule has 0 N–H and O–H groups in total. The molecule has 0 aliphatic rings. The number of nitrogens with zero attached hydrogens (tertiary/aromatic N) is 4. The highest BCUT2D eigenvalue weighted by molar-refractivity contribution is 5.90. The molecule has 0 bridgehead atoms. The fourth-order valence-electron chi connectivity index (χ4n) is 5.49. The van der Waals surface area contributed by atoms with Gasteiger partial charge in [-0.1, -0.05) is 43.2 Å². The summed E-state index contributed by atoms with van der Waals surface area (Å²) in [5.74, 6) is 0.874. The maximum absolute atomic E-state index is 5.37. The van der Waals surface area contributed by atoms with Crippen molar-refractivity contribution in [3.05, 3.63) is 81.8 Å². The lowest BCUT2D eigenvalue weighted by molar-refractivity contribution is 0.414. The SMILES string of the molecule is CCCc1cc2c(C)nc3c(-c4c(C)cc(C)cc4C)c(C)nn3c2n1Cc1ccc(OC)cc1. The third-order valence-electron chi connectivity index (χ3n) is 6.99. The minimum absolute atomic E-state index is 0.776. The van der Waals surface area contributed by atoms with E-state index in [2.05, 4.69) is 81.0 Å². The molecule has 3 heterocycles. The molecule has 5 nitrogen and oxygen atoms in total. The first kappa shape index (κ1) is 23.2. The largest absolute Gasteiger partial charge is 0.497 e. The van der Waals surface area contributed by atoms with Crippen LogP contribution in [0, 0.1) is 34.6 Å². The number of rotatable bonds is 6. The summed E-state index contributed by atoms with van der Waals surface area (Å²) in [4.78, 5) is 5.12. The van der Waals surface area contributed by atoms with Gasteiger partial charge in [0, 0.05) is 17.6 Å². The van der Waals surface area contributed by atoms with E-state index < -0.39 is 0 Å². The van der Waals surface area contributed by atoms with E-state index in [0.717, 1.165) is 53.4 Å². The van der Waals surface area contributed by atoms with Gasteiger partial charge >= 0.3 is 0 Å². The van der Waals surface area contributed by atoms with Crippen LogP contribution in [-0.4, -0.2) is 26.3 Å². The Hall–Kier alpha value is -3.60. The van der Waals surface area contributed by atoms with Gasteiger partial charge in [-0.3, -0.25) is 0 Å². The number of aryl methyl sites for hydroxylation is 6. The van der Waals surface area contributed by atoms with Gasteiger partial charge in [0.25, 0.3) is 0 Å². The zero-order valence-electron chi connectivity index (χ0n) is 21.9. The van der Waals surface area contributed by atoms with Gasteiger partial charge in [-0.2, -0.15) is 9.61 Å². The fraction of sp³-hybridized carbons (Fsp3) is 0.333. The van der Waals surface area contributed by atoms with E-state index in [1.807, 2.05) is 12.1 Å². The molecule has 0 saturated carbocycles. The van der Waals surface area contributed by atoms with Crippen LogP contribution in [-0.2, 0) is 13.0 Å². The lowest BCUT2D eigenvalue weighted by Gasteiger charge is -2.13. The molecule has 2 aromatic carbocycles. The zero-order valence-corrected chi connectivity index (χ0v) is 21.9. The smallest absolute Gasteiger partial charge is 0.165 e. The van der Waals surface area contributed by atoms with Crippen LogP contribution < -0.4 is 4.74 Å². The zero-order chi connectivity index (χ0) is 24.9. The van der Waals surface area contributed by atoms with Crippen LogP contribution in [0.15, 0.2) is 42.5 Å². The lowest BCUT2D eigenvalue weighted by atomic mass is 9.94. The average molecular weight is 467 g/mol. The molecule has 3 aromatic heterocycles. The van der Waals surface area contributed by atoms with E-state index in [9.17, 15) is 0 Å². The van der Waals surface area contributed by atoms with Crippen molar-refractivity contribution >= 4 is 16.7 Å². The summed E-state index contributed by atoms with van der Waals surface area (Å²) in [6.07, 6.45) is 2.09.